The number of quaternary nitrogens is 2. The molecule has 6 aliphatic heterocycles. The van der Waals surface area contributed by atoms with Gasteiger partial charge in [-0.25, -0.2) is 0 Å². The highest BCUT2D eigenvalue weighted by molar-refractivity contribution is 7.12. The van der Waals surface area contributed by atoms with Crippen molar-refractivity contribution in [2.75, 3.05) is 59.5 Å². The molecule has 0 saturated carbocycles. The Morgan fingerprint density at radius 1 is 0.677 bits per heavy atom. The Labute approximate surface area is 403 Å². The highest BCUT2D eigenvalue weighted by atomic mass is 79.9. The number of benzene rings is 1. The maximum absolute atomic E-state index is 13.6. The van der Waals surface area contributed by atoms with Crippen molar-refractivity contribution >= 4 is 63.1 Å². The number of carboxylic acids is 1. The lowest BCUT2D eigenvalue weighted by molar-refractivity contribution is -0.944. The summed E-state index contributed by atoms with van der Waals surface area (Å²) in [6.45, 7) is 8.43. The fraction of sp³-hybridized carbons (Fsp3) is 0.457. The van der Waals surface area contributed by atoms with Crippen molar-refractivity contribution in [2.24, 2.45) is 11.8 Å². The maximum atomic E-state index is 13.6. The van der Waals surface area contributed by atoms with Gasteiger partial charge < -0.3 is 61.4 Å². The van der Waals surface area contributed by atoms with Crippen LogP contribution in [0.25, 0.3) is 0 Å². The Morgan fingerprint density at radius 2 is 1.08 bits per heavy atom. The smallest absolute Gasteiger partial charge is 0.430 e. The zero-order valence-corrected chi connectivity index (χ0v) is 40.6. The number of fused-ring (bicyclic) bond motifs is 6. The SMILES string of the molecule is C[N+]12CCC(CC1)[C@@H](NC(=O)C(O)(c1cccs1)c1cccs1)C2.O=C(NC1C[N+]2(CCCOc3ccccc3)CCC1CC2)C(O)(c1cccs1)c1cccs1.O=C([O-])C(F)(F)F.[Br-]. The fourth-order valence-corrected chi connectivity index (χ4v) is 13.1. The van der Waals surface area contributed by atoms with Crippen molar-refractivity contribution in [1.82, 2.24) is 10.6 Å². The zero-order chi connectivity index (χ0) is 45.6. The van der Waals surface area contributed by atoms with Gasteiger partial charge >= 0.3 is 6.18 Å². The van der Waals surface area contributed by atoms with E-state index in [0.29, 0.717) is 38.0 Å². The van der Waals surface area contributed by atoms with Crippen LogP contribution in [0.15, 0.2) is 100 Å². The number of thiophene rings is 4. The van der Waals surface area contributed by atoms with Crippen LogP contribution >= 0.6 is 45.3 Å². The van der Waals surface area contributed by atoms with Crippen LogP contribution in [0, 0.1) is 11.8 Å². The van der Waals surface area contributed by atoms with E-state index in [-0.39, 0.29) is 40.9 Å². The summed E-state index contributed by atoms with van der Waals surface area (Å²) in [5.41, 5.74) is -3.20. The number of likely N-dealkylation sites (N-methyl/N-ethyl adjacent to an activating group) is 1. The molecule has 65 heavy (non-hydrogen) atoms. The van der Waals surface area contributed by atoms with Gasteiger partial charge in [-0.3, -0.25) is 9.59 Å². The molecule has 19 heteroatoms. The predicted octanol–water partition coefficient (Wildman–Crippen LogP) is 2.94. The number of amides is 2. The van der Waals surface area contributed by atoms with E-state index in [4.69, 9.17) is 14.6 Å². The van der Waals surface area contributed by atoms with Gasteiger partial charge in [-0.05, 0) is 69.8 Å². The number of piperidine rings is 6. The molecule has 11 rings (SSSR count). The van der Waals surface area contributed by atoms with Gasteiger partial charge in [0.2, 0.25) is 11.2 Å². The summed E-state index contributed by atoms with van der Waals surface area (Å²) < 4.78 is 39.5. The van der Waals surface area contributed by atoms with Crippen molar-refractivity contribution in [3.05, 3.63) is 120 Å². The Bertz CT molecular complexity index is 2180. The van der Waals surface area contributed by atoms with Gasteiger partial charge in [-0.2, -0.15) is 13.2 Å². The molecule has 4 bridgehead atoms. The molecule has 2 amide bonds. The number of ether oxygens (including phenoxy) is 1. The second-order valence-corrected chi connectivity index (χ2v) is 21.2. The van der Waals surface area contributed by atoms with Crippen LogP contribution in [-0.2, 0) is 25.6 Å². The number of carbonyl (C=O) groups excluding carboxylic acids is 3. The summed E-state index contributed by atoms with van der Waals surface area (Å²) in [6, 6.07) is 25.1. The number of aliphatic hydroxyl groups is 2. The second-order valence-electron chi connectivity index (χ2n) is 17.4. The molecule has 5 aromatic rings. The summed E-state index contributed by atoms with van der Waals surface area (Å²) in [6.07, 6.45) is 0.381. The molecular formula is C46H54BrF3N4O7S4. The number of nitrogens with one attached hydrogen (secondary N) is 2. The third-order valence-corrected chi connectivity index (χ3v) is 17.1. The van der Waals surface area contributed by atoms with Crippen LogP contribution in [0.3, 0.4) is 0 Å². The lowest BCUT2D eigenvalue weighted by Gasteiger charge is -2.53. The lowest BCUT2D eigenvalue weighted by Crippen LogP contribution is -3.00. The number of para-hydroxylation sites is 1. The van der Waals surface area contributed by atoms with E-state index in [9.17, 15) is 33.0 Å². The lowest BCUT2D eigenvalue weighted by atomic mass is 9.81. The van der Waals surface area contributed by atoms with E-state index < -0.39 is 23.3 Å². The molecule has 6 fully saturated rings. The average Bonchev–Trinajstić information content (AvgIpc) is 4.15. The molecule has 4 N–H and O–H groups in total. The minimum atomic E-state index is -5.19. The molecule has 4 aromatic heterocycles. The van der Waals surface area contributed by atoms with Crippen LogP contribution < -0.4 is 37.5 Å². The van der Waals surface area contributed by atoms with Crippen molar-refractivity contribution in [1.29, 1.82) is 0 Å². The number of aliphatic carboxylic acids is 1. The van der Waals surface area contributed by atoms with Gasteiger partial charge in [0, 0.05) is 32.1 Å². The Balaban J connectivity index is 0.000000192. The highest BCUT2D eigenvalue weighted by Gasteiger charge is 2.50. The minimum Gasteiger partial charge on any atom is -1.00 e. The monoisotopic (exact) mass is 1040 g/mol. The molecule has 2 atom stereocenters. The van der Waals surface area contributed by atoms with Crippen LogP contribution in [0.2, 0.25) is 0 Å². The van der Waals surface area contributed by atoms with Crippen LogP contribution in [0.1, 0.15) is 51.6 Å². The van der Waals surface area contributed by atoms with Gasteiger partial charge in [0.25, 0.3) is 11.8 Å². The van der Waals surface area contributed by atoms with Crippen LogP contribution in [0.4, 0.5) is 13.2 Å². The second kappa shape index (κ2) is 21.5. The van der Waals surface area contributed by atoms with Crippen LogP contribution in [0.5, 0.6) is 5.75 Å². The number of alkyl halides is 3. The van der Waals surface area contributed by atoms with Gasteiger partial charge in [0.15, 0.2) is 0 Å². The van der Waals surface area contributed by atoms with E-state index in [2.05, 4.69) is 17.7 Å². The summed E-state index contributed by atoms with van der Waals surface area (Å²) >= 11 is 5.70. The zero-order valence-electron chi connectivity index (χ0n) is 35.8. The molecule has 0 aliphatic carbocycles. The maximum Gasteiger partial charge on any atom is 0.430 e. The highest BCUT2D eigenvalue weighted by Crippen LogP contribution is 2.40. The number of rotatable bonds is 13. The average molecular weight is 1040 g/mol. The standard InChI is InChI=1S/C26H30N2O3S2.C18H22N2O2S2.C2HF3O2.BrH/c29-25(26(30,23-9-4-17-32-23)24-10-5-18-33-24)27-22-19-28(14-11-20(22)12-15-28)13-6-16-31-21-7-2-1-3-8-21;1-20-8-6-13(7-9-20)14(12-20)19-17(21)18(22,15-4-2-10-23-15)16-5-3-11-24-16;3-2(4,5)1(6)7;/h1-5,7-10,17-18,20,22,30H,6,11-16,19H2;2-5,10-11,13-14,22H,6-9,12H2,1H3;(H,6,7);1H/t;13?,14-,20?;;/m.0../s1. The van der Waals surface area contributed by atoms with E-state index in [1.165, 1.54) is 71.5 Å². The van der Waals surface area contributed by atoms with E-state index >= 15 is 0 Å². The summed E-state index contributed by atoms with van der Waals surface area (Å²) in [5.74, 6) is -1.63. The van der Waals surface area contributed by atoms with Crippen molar-refractivity contribution < 1.29 is 73.6 Å². The van der Waals surface area contributed by atoms with Gasteiger partial charge in [0.1, 0.15) is 11.7 Å². The number of hydrogen-bond acceptors (Lipinski definition) is 11. The Hall–Kier alpha value is -3.66. The number of halogens is 4. The summed E-state index contributed by atoms with van der Waals surface area (Å²) in [7, 11) is 2.28. The third-order valence-electron chi connectivity index (χ3n) is 13.2. The molecule has 10 heterocycles. The number of carbonyl (C=O) groups is 3. The number of hydrogen-bond donors (Lipinski definition) is 4. The Morgan fingerprint density at radius 3 is 1.45 bits per heavy atom. The molecule has 11 nitrogen and oxygen atoms in total. The molecule has 1 aromatic carbocycles. The fourth-order valence-electron chi connectivity index (χ4n) is 9.63. The molecule has 352 valence electrons. The minimum absolute atomic E-state index is 0. The van der Waals surface area contributed by atoms with Gasteiger partial charge in [-0.1, -0.05) is 42.5 Å². The quantitative estimate of drug-likeness (QED) is 0.105. The van der Waals surface area contributed by atoms with Crippen LogP contribution in [-0.4, -0.2) is 115 Å². The Kier molecular flexibility index (Phi) is 16.8. The predicted molar refractivity (Wildman–Crippen MR) is 241 cm³/mol. The van der Waals surface area contributed by atoms with E-state index in [0.717, 1.165) is 66.5 Å². The molecule has 0 spiro atoms. The van der Waals surface area contributed by atoms with E-state index in [1.54, 1.807) is 0 Å². The summed E-state index contributed by atoms with van der Waals surface area (Å²) in [4.78, 5) is 38.2. The molecule has 6 aliphatic rings. The molecule has 0 radical (unpaired) electrons. The van der Waals surface area contributed by atoms with Gasteiger partial charge in [-0.15, -0.1) is 45.3 Å². The molecule has 1 unspecified atom stereocenters. The third kappa shape index (κ3) is 11.7. The topological polar surface area (TPSA) is 148 Å². The molecular weight excluding hydrogens is 986 g/mol. The first-order chi connectivity index (χ1) is 30.5. The van der Waals surface area contributed by atoms with Crippen molar-refractivity contribution in [2.45, 2.75) is 61.6 Å². The van der Waals surface area contributed by atoms with Crippen molar-refractivity contribution in [3.63, 3.8) is 0 Å². The largest absolute Gasteiger partial charge is 1.00 e. The first-order valence-corrected chi connectivity index (χ1v) is 24.9. The molecule has 6 saturated heterocycles. The van der Waals surface area contributed by atoms with Crippen molar-refractivity contribution in [3.8, 4) is 5.75 Å². The van der Waals surface area contributed by atoms with Gasteiger partial charge in [0.05, 0.1) is 91.1 Å². The first kappa shape index (κ1) is 50.7. The normalized spacial score (nSPS) is 24.6. The van der Waals surface area contributed by atoms with E-state index in [1.807, 2.05) is 100 Å². The summed E-state index contributed by atoms with van der Waals surface area (Å²) in [5, 5.41) is 45.9. The number of nitrogens with zero attached hydrogens (tertiary/aromatic N) is 2. The number of carboxylic acid groups (broad SMARTS) is 1. The first-order valence-electron chi connectivity index (χ1n) is 21.4.